The van der Waals surface area contributed by atoms with Crippen molar-refractivity contribution < 1.29 is 23.9 Å². The van der Waals surface area contributed by atoms with Gasteiger partial charge in [-0.1, -0.05) is 13.8 Å². The van der Waals surface area contributed by atoms with E-state index in [1.807, 2.05) is 0 Å². The highest BCUT2D eigenvalue weighted by molar-refractivity contribution is 5.89. The largest absolute Gasteiger partial charge is 0.467 e. The fraction of sp³-hybridized carbons (Fsp3) is 0.824. The number of hydrogen-bond donors (Lipinski definition) is 3. The van der Waals surface area contributed by atoms with Crippen LogP contribution in [0.3, 0.4) is 0 Å². The zero-order chi connectivity index (χ0) is 19.6. The second-order valence-electron chi connectivity index (χ2n) is 7.24. The molecular weight excluding hydrogens is 326 g/mol. The highest BCUT2D eigenvalue weighted by Crippen LogP contribution is 2.10. The molecule has 0 rings (SSSR count). The SMILES string of the molecule is COC(=O)[C@@H](NC(=O)[C@H](CCCCN)NC(=O)OC(C)(C)C)C(C)C. The molecule has 4 N–H and O–H groups in total. The number of unbranched alkanes of at least 4 members (excludes halogenated alkanes) is 1. The number of carbonyl (C=O) groups excluding carboxylic acids is 3. The molecule has 146 valence electrons. The number of nitrogens with two attached hydrogens (primary N) is 1. The Morgan fingerprint density at radius 1 is 1.08 bits per heavy atom. The molecule has 2 amide bonds. The van der Waals surface area contributed by atoms with E-state index in [0.717, 1.165) is 6.42 Å². The summed E-state index contributed by atoms with van der Waals surface area (Å²) < 4.78 is 9.92. The van der Waals surface area contributed by atoms with E-state index in [1.54, 1.807) is 34.6 Å². The van der Waals surface area contributed by atoms with Gasteiger partial charge in [-0.25, -0.2) is 9.59 Å². The fourth-order valence-corrected chi connectivity index (χ4v) is 2.09. The van der Waals surface area contributed by atoms with Crippen LogP contribution in [0.1, 0.15) is 53.9 Å². The quantitative estimate of drug-likeness (QED) is 0.422. The number of hydrogen-bond acceptors (Lipinski definition) is 6. The van der Waals surface area contributed by atoms with E-state index in [1.165, 1.54) is 7.11 Å². The summed E-state index contributed by atoms with van der Waals surface area (Å²) in [6.45, 7) is 9.31. The molecule has 0 bridgehead atoms. The van der Waals surface area contributed by atoms with Gasteiger partial charge in [0.15, 0.2) is 0 Å². The Morgan fingerprint density at radius 2 is 1.68 bits per heavy atom. The van der Waals surface area contributed by atoms with Crippen LogP contribution >= 0.6 is 0 Å². The molecule has 0 aromatic rings. The third-order valence-corrected chi connectivity index (χ3v) is 3.37. The van der Waals surface area contributed by atoms with Crippen molar-refractivity contribution in [2.45, 2.75) is 71.6 Å². The second-order valence-corrected chi connectivity index (χ2v) is 7.24. The van der Waals surface area contributed by atoms with Crippen molar-refractivity contribution in [1.29, 1.82) is 0 Å². The molecule has 0 unspecified atom stereocenters. The lowest BCUT2D eigenvalue weighted by Crippen LogP contribution is -2.53. The topological polar surface area (TPSA) is 120 Å². The zero-order valence-corrected chi connectivity index (χ0v) is 16.2. The molecule has 0 spiro atoms. The molecule has 0 aliphatic rings. The minimum Gasteiger partial charge on any atom is -0.467 e. The third-order valence-electron chi connectivity index (χ3n) is 3.37. The molecule has 0 aliphatic heterocycles. The summed E-state index contributed by atoms with van der Waals surface area (Å²) in [4.78, 5) is 36.4. The molecule has 0 radical (unpaired) electrons. The van der Waals surface area contributed by atoms with E-state index >= 15 is 0 Å². The van der Waals surface area contributed by atoms with Crippen molar-refractivity contribution in [3.8, 4) is 0 Å². The Labute approximate surface area is 150 Å². The summed E-state index contributed by atoms with van der Waals surface area (Å²) in [6, 6.07) is -1.60. The molecule has 0 heterocycles. The Kier molecular flexibility index (Phi) is 10.1. The monoisotopic (exact) mass is 359 g/mol. The smallest absolute Gasteiger partial charge is 0.408 e. The van der Waals surface area contributed by atoms with E-state index < -0.39 is 35.7 Å². The van der Waals surface area contributed by atoms with Gasteiger partial charge in [-0.15, -0.1) is 0 Å². The summed E-state index contributed by atoms with van der Waals surface area (Å²) >= 11 is 0. The van der Waals surface area contributed by atoms with Crippen molar-refractivity contribution >= 4 is 18.0 Å². The summed E-state index contributed by atoms with van der Waals surface area (Å²) in [5.41, 5.74) is 4.81. The average Bonchev–Trinajstić information content (AvgIpc) is 2.48. The normalized spacial score (nSPS) is 13.8. The molecule has 8 heteroatoms. The third kappa shape index (κ3) is 9.91. The van der Waals surface area contributed by atoms with Crippen LogP contribution in [0.25, 0.3) is 0 Å². The van der Waals surface area contributed by atoms with Crippen LogP contribution in [0.4, 0.5) is 4.79 Å². The minimum absolute atomic E-state index is 0.150. The van der Waals surface area contributed by atoms with Crippen molar-refractivity contribution in [2.75, 3.05) is 13.7 Å². The number of alkyl carbamates (subject to hydrolysis) is 1. The summed E-state index contributed by atoms with van der Waals surface area (Å²) in [6.07, 6.45) is 1.10. The standard InChI is InChI=1S/C17H33N3O5/c1-11(2)13(15(22)24-6)20-14(21)12(9-7-8-10-18)19-16(23)25-17(3,4)5/h11-13H,7-10,18H2,1-6H3,(H,19,23)(H,20,21)/t12-,13-/m0/s1. The van der Waals surface area contributed by atoms with E-state index in [9.17, 15) is 14.4 Å². The van der Waals surface area contributed by atoms with Gasteiger partial charge in [0.2, 0.25) is 5.91 Å². The van der Waals surface area contributed by atoms with Crippen LogP contribution in [0.15, 0.2) is 0 Å². The maximum absolute atomic E-state index is 12.6. The summed E-state index contributed by atoms with van der Waals surface area (Å²) in [5.74, 6) is -1.13. The number of rotatable bonds is 9. The van der Waals surface area contributed by atoms with Gasteiger partial charge in [-0.2, -0.15) is 0 Å². The van der Waals surface area contributed by atoms with Crippen molar-refractivity contribution in [3.63, 3.8) is 0 Å². The van der Waals surface area contributed by atoms with E-state index in [2.05, 4.69) is 10.6 Å². The summed E-state index contributed by atoms with van der Waals surface area (Å²) in [5, 5.41) is 5.21. The molecule has 0 saturated heterocycles. The number of amides is 2. The molecule has 8 nitrogen and oxygen atoms in total. The number of methoxy groups -OCH3 is 1. The lowest BCUT2D eigenvalue weighted by atomic mass is 10.0. The molecule has 0 aliphatic carbocycles. The highest BCUT2D eigenvalue weighted by atomic mass is 16.6. The number of esters is 1. The first-order valence-electron chi connectivity index (χ1n) is 8.59. The Bertz CT molecular complexity index is 446. The highest BCUT2D eigenvalue weighted by Gasteiger charge is 2.30. The van der Waals surface area contributed by atoms with Gasteiger partial charge in [0.05, 0.1) is 7.11 Å². The van der Waals surface area contributed by atoms with Crippen molar-refractivity contribution in [1.82, 2.24) is 10.6 Å². The van der Waals surface area contributed by atoms with Gasteiger partial charge >= 0.3 is 12.1 Å². The molecule has 0 aromatic carbocycles. The molecule has 0 aromatic heterocycles. The number of ether oxygens (including phenoxy) is 2. The lowest BCUT2D eigenvalue weighted by Gasteiger charge is -2.26. The first kappa shape index (κ1) is 23.2. The van der Waals surface area contributed by atoms with Crippen LogP contribution in [0.2, 0.25) is 0 Å². The van der Waals surface area contributed by atoms with E-state index in [0.29, 0.717) is 19.4 Å². The Hall–Kier alpha value is -1.83. The second kappa shape index (κ2) is 10.9. The van der Waals surface area contributed by atoms with Gasteiger partial charge in [-0.05, 0) is 52.5 Å². The molecule has 0 fully saturated rings. The van der Waals surface area contributed by atoms with Gasteiger partial charge in [-0.3, -0.25) is 4.79 Å². The van der Waals surface area contributed by atoms with E-state index in [4.69, 9.17) is 15.2 Å². The van der Waals surface area contributed by atoms with Crippen LogP contribution in [-0.4, -0.2) is 49.3 Å². The molecule has 2 atom stereocenters. The van der Waals surface area contributed by atoms with Crippen LogP contribution in [0.5, 0.6) is 0 Å². The maximum atomic E-state index is 12.6. The predicted molar refractivity (Wildman–Crippen MR) is 94.8 cm³/mol. The first-order valence-corrected chi connectivity index (χ1v) is 8.59. The molecule has 25 heavy (non-hydrogen) atoms. The van der Waals surface area contributed by atoms with Crippen molar-refractivity contribution in [2.24, 2.45) is 11.7 Å². The average molecular weight is 359 g/mol. The van der Waals surface area contributed by atoms with Gasteiger partial charge < -0.3 is 25.8 Å². The number of carbonyl (C=O) groups is 3. The first-order chi connectivity index (χ1) is 11.5. The van der Waals surface area contributed by atoms with Crippen LogP contribution < -0.4 is 16.4 Å². The van der Waals surface area contributed by atoms with Gasteiger partial charge in [0, 0.05) is 0 Å². The minimum atomic E-state index is -0.813. The fourth-order valence-electron chi connectivity index (χ4n) is 2.09. The Balaban J connectivity index is 5.01. The van der Waals surface area contributed by atoms with Gasteiger partial charge in [0.1, 0.15) is 17.7 Å². The molecule has 0 saturated carbocycles. The van der Waals surface area contributed by atoms with Crippen molar-refractivity contribution in [3.05, 3.63) is 0 Å². The summed E-state index contributed by atoms with van der Waals surface area (Å²) in [7, 11) is 1.27. The maximum Gasteiger partial charge on any atom is 0.408 e. The molecular formula is C17H33N3O5. The number of nitrogens with one attached hydrogen (secondary N) is 2. The zero-order valence-electron chi connectivity index (χ0n) is 16.2. The van der Waals surface area contributed by atoms with E-state index in [-0.39, 0.29) is 5.92 Å². The van der Waals surface area contributed by atoms with Gasteiger partial charge in [0.25, 0.3) is 0 Å². The predicted octanol–water partition coefficient (Wildman–Crippen LogP) is 1.32. The Morgan fingerprint density at radius 3 is 2.12 bits per heavy atom. The van der Waals surface area contributed by atoms with Crippen LogP contribution in [0, 0.1) is 5.92 Å². The van der Waals surface area contributed by atoms with Crippen LogP contribution in [-0.2, 0) is 19.1 Å². The lowest BCUT2D eigenvalue weighted by molar-refractivity contribution is -0.146.